The van der Waals surface area contributed by atoms with Crippen molar-refractivity contribution in [2.45, 2.75) is 64.5 Å². The molecule has 3 rings (SSSR count). The number of rotatable bonds is 6. The molecule has 2 aliphatic carbocycles. The van der Waals surface area contributed by atoms with Crippen LogP contribution < -0.4 is 10.6 Å². The molecule has 2 aliphatic rings. The Kier molecular flexibility index (Phi) is 5.42. The maximum Gasteiger partial charge on any atom is 0.224 e. The van der Waals surface area contributed by atoms with E-state index in [4.69, 9.17) is 4.74 Å². The van der Waals surface area contributed by atoms with E-state index in [1.807, 2.05) is 31.2 Å². The lowest BCUT2D eigenvalue weighted by atomic mass is 9.60. The van der Waals surface area contributed by atoms with Gasteiger partial charge in [-0.1, -0.05) is 25.0 Å². The molecule has 136 valence electrons. The fourth-order valence-corrected chi connectivity index (χ4v) is 4.43. The maximum absolute atomic E-state index is 12.5. The number of carbonyl (C=O) groups excluding carboxylic acids is 2. The van der Waals surface area contributed by atoms with Crippen molar-refractivity contribution in [1.82, 2.24) is 5.32 Å². The van der Waals surface area contributed by atoms with Crippen molar-refractivity contribution in [3.05, 3.63) is 29.8 Å². The highest BCUT2D eigenvalue weighted by molar-refractivity contribution is 5.88. The number of ether oxygens (including phenoxy) is 1. The van der Waals surface area contributed by atoms with E-state index in [1.54, 1.807) is 0 Å². The van der Waals surface area contributed by atoms with Gasteiger partial charge in [-0.25, -0.2) is 0 Å². The summed E-state index contributed by atoms with van der Waals surface area (Å²) in [5.74, 6) is -0.0281. The summed E-state index contributed by atoms with van der Waals surface area (Å²) in [5.41, 5.74) is 1.87. The number of anilines is 1. The zero-order chi connectivity index (χ0) is 17.9. The van der Waals surface area contributed by atoms with Crippen LogP contribution in [-0.2, 0) is 20.7 Å². The second-order valence-electron chi connectivity index (χ2n) is 7.29. The van der Waals surface area contributed by atoms with E-state index >= 15 is 0 Å². The van der Waals surface area contributed by atoms with Crippen molar-refractivity contribution in [2.24, 2.45) is 5.41 Å². The maximum atomic E-state index is 12.5. The van der Waals surface area contributed by atoms with Gasteiger partial charge in [-0.2, -0.15) is 0 Å². The Morgan fingerprint density at radius 1 is 1.20 bits per heavy atom. The smallest absolute Gasteiger partial charge is 0.224 e. The zero-order valence-corrected chi connectivity index (χ0v) is 15.1. The first-order valence-corrected chi connectivity index (χ1v) is 9.31. The highest BCUT2D eigenvalue weighted by atomic mass is 16.5. The number of benzene rings is 1. The third-order valence-corrected chi connectivity index (χ3v) is 5.66. The van der Waals surface area contributed by atoms with Crippen molar-refractivity contribution in [3.8, 4) is 0 Å². The van der Waals surface area contributed by atoms with Crippen LogP contribution in [0.1, 0.15) is 51.5 Å². The van der Waals surface area contributed by atoms with Gasteiger partial charge in [0.05, 0.1) is 12.5 Å². The fourth-order valence-electron chi connectivity index (χ4n) is 4.43. The average molecular weight is 344 g/mol. The van der Waals surface area contributed by atoms with E-state index in [2.05, 4.69) is 10.6 Å². The first-order valence-electron chi connectivity index (χ1n) is 9.31. The highest BCUT2D eigenvalue weighted by Gasteiger charge is 2.57. The first-order chi connectivity index (χ1) is 12.0. The lowest BCUT2D eigenvalue weighted by Crippen LogP contribution is -2.63. The molecular formula is C20H28N2O3. The lowest BCUT2D eigenvalue weighted by Gasteiger charge is -2.54. The Morgan fingerprint density at radius 2 is 1.88 bits per heavy atom. The summed E-state index contributed by atoms with van der Waals surface area (Å²) in [4.78, 5) is 23.5. The first kappa shape index (κ1) is 17.9. The van der Waals surface area contributed by atoms with Gasteiger partial charge >= 0.3 is 0 Å². The second-order valence-corrected chi connectivity index (χ2v) is 7.29. The predicted molar refractivity (Wildman–Crippen MR) is 97.3 cm³/mol. The molecule has 0 aromatic heterocycles. The molecule has 2 N–H and O–H groups in total. The molecule has 0 bridgehead atoms. The Hall–Kier alpha value is -1.88. The average Bonchev–Trinajstić information content (AvgIpc) is 3.08. The minimum atomic E-state index is -0.0961. The lowest BCUT2D eigenvalue weighted by molar-refractivity contribution is -0.143. The Morgan fingerprint density at radius 3 is 2.48 bits per heavy atom. The third kappa shape index (κ3) is 3.87. The van der Waals surface area contributed by atoms with Crippen LogP contribution in [0.2, 0.25) is 0 Å². The molecule has 2 amide bonds. The quantitative estimate of drug-likeness (QED) is 0.833. The van der Waals surface area contributed by atoms with Crippen molar-refractivity contribution < 1.29 is 14.3 Å². The van der Waals surface area contributed by atoms with Crippen LogP contribution >= 0.6 is 0 Å². The largest absolute Gasteiger partial charge is 0.378 e. The van der Waals surface area contributed by atoms with Crippen molar-refractivity contribution >= 4 is 17.5 Å². The van der Waals surface area contributed by atoms with Crippen LogP contribution in [0.15, 0.2) is 24.3 Å². The van der Waals surface area contributed by atoms with Gasteiger partial charge in [0, 0.05) is 30.7 Å². The van der Waals surface area contributed by atoms with Gasteiger partial charge in [0.15, 0.2) is 0 Å². The molecule has 0 saturated heterocycles. The number of hydrogen-bond acceptors (Lipinski definition) is 3. The van der Waals surface area contributed by atoms with E-state index in [9.17, 15) is 9.59 Å². The van der Waals surface area contributed by atoms with E-state index < -0.39 is 0 Å². The van der Waals surface area contributed by atoms with Crippen LogP contribution in [0.4, 0.5) is 5.69 Å². The molecule has 0 heterocycles. The molecule has 0 aliphatic heterocycles. The van der Waals surface area contributed by atoms with Gasteiger partial charge in [-0.3, -0.25) is 9.59 Å². The van der Waals surface area contributed by atoms with Gasteiger partial charge in [-0.05, 0) is 43.9 Å². The summed E-state index contributed by atoms with van der Waals surface area (Å²) >= 11 is 0. The van der Waals surface area contributed by atoms with Crippen LogP contribution in [0.5, 0.6) is 0 Å². The van der Waals surface area contributed by atoms with Gasteiger partial charge in [0.25, 0.3) is 0 Å². The molecule has 5 nitrogen and oxygen atoms in total. The molecule has 0 unspecified atom stereocenters. The Bertz CT molecular complexity index is 620. The zero-order valence-electron chi connectivity index (χ0n) is 15.1. The monoisotopic (exact) mass is 344 g/mol. The van der Waals surface area contributed by atoms with Crippen LogP contribution in [-0.4, -0.2) is 30.6 Å². The van der Waals surface area contributed by atoms with Gasteiger partial charge < -0.3 is 15.4 Å². The van der Waals surface area contributed by atoms with E-state index in [0.717, 1.165) is 37.1 Å². The van der Waals surface area contributed by atoms with E-state index in [1.165, 1.54) is 19.8 Å². The van der Waals surface area contributed by atoms with Crippen LogP contribution in [0.3, 0.4) is 0 Å². The number of carbonyl (C=O) groups is 2. The highest BCUT2D eigenvalue weighted by Crippen LogP contribution is 2.54. The Balaban J connectivity index is 1.55. The molecule has 1 aromatic carbocycles. The van der Waals surface area contributed by atoms with Gasteiger partial charge in [-0.15, -0.1) is 0 Å². The SMILES string of the molecule is CCO[C@@H]1C[C@@H](NC(=O)Cc2ccc(NC(C)=O)cc2)C12CCCC2. The minimum absolute atomic E-state index is 0.0681. The summed E-state index contributed by atoms with van der Waals surface area (Å²) in [6.07, 6.45) is 6.40. The molecule has 1 aromatic rings. The van der Waals surface area contributed by atoms with Crippen LogP contribution in [0.25, 0.3) is 0 Å². The van der Waals surface area contributed by atoms with Gasteiger partial charge in [0.2, 0.25) is 11.8 Å². The summed E-state index contributed by atoms with van der Waals surface area (Å²) < 4.78 is 5.90. The molecule has 1 spiro atoms. The fraction of sp³-hybridized carbons (Fsp3) is 0.600. The number of nitrogens with one attached hydrogen (secondary N) is 2. The molecule has 25 heavy (non-hydrogen) atoms. The Labute approximate surface area is 149 Å². The molecule has 2 atom stereocenters. The summed E-state index contributed by atoms with van der Waals surface area (Å²) in [5, 5.41) is 5.98. The topological polar surface area (TPSA) is 67.4 Å². The molecule has 5 heteroatoms. The van der Waals surface area contributed by atoms with Crippen LogP contribution in [0, 0.1) is 5.41 Å². The standard InChI is InChI=1S/C20H28N2O3/c1-3-25-18-13-17(20(18)10-4-5-11-20)22-19(24)12-15-6-8-16(9-7-15)21-14(2)23/h6-9,17-18H,3-5,10-13H2,1-2H3,(H,21,23)(H,22,24)/t17-,18-/m1/s1. The van der Waals surface area contributed by atoms with Crippen molar-refractivity contribution in [1.29, 1.82) is 0 Å². The van der Waals surface area contributed by atoms with Crippen molar-refractivity contribution in [3.63, 3.8) is 0 Å². The van der Waals surface area contributed by atoms with E-state index in [-0.39, 0.29) is 23.3 Å². The number of amides is 2. The molecule has 2 saturated carbocycles. The molecule has 0 radical (unpaired) electrons. The molecule has 2 fully saturated rings. The van der Waals surface area contributed by atoms with Gasteiger partial charge in [0.1, 0.15) is 0 Å². The third-order valence-electron chi connectivity index (χ3n) is 5.66. The minimum Gasteiger partial charge on any atom is -0.378 e. The van der Waals surface area contributed by atoms with Crippen molar-refractivity contribution in [2.75, 3.05) is 11.9 Å². The second kappa shape index (κ2) is 7.56. The van der Waals surface area contributed by atoms with E-state index in [0.29, 0.717) is 12.5 Å². The summed E-state index contributed by atoms with van der Waals surface area (Å²) in [7, 11) is 0. The predicted octanol–water partition coefficient (Wildman–Crippen LogP) is 3.04. The molecular weight excluding hydrogens is 316 g/mol. The normalized spacial score (nSPS) is 23.9. The number of hydrogen-bond donors (Lipinski definition) is 2. The summed E-state index contributed by atoms with van der Waals surface area (Å²) in [6.45, 7) is 4.27. The summed E-state index contributed by atoms with van der Waals surface area (Å²) in [6, 6.07) is 7.69.